The van der Waals surface area contributed by atoms with Gasteiger partial charge in [-0.15, -0.1) is 0 Å². The van der Waals surface area contributed by atoms with Crippen LogP contribution in [0.15, 0.2) is 48.0 Å². The van der Waals surface area contributed by atoms with Crippen LogP contribution in [0, 0.1) is 11.3 Å². The molecule has 140 valence electrons. The molecule has 0 radical (unpaired) electrons. The number of hydrogen-bond acceptors (Lipinski definition) is 5. The molecule has 6 nitrogen and oxygen atoms in total. The van der Waals surface area contributed by atoms with Gasteiger partial charge < -0.3 is 19.5 Å². The van der Waals surface area contributed by atoms with Gasteiger partial charge in [0.05, 0.1) is 20.8 Å². The topological polar surface area (TPSA) is 80.6 Å². The highest BCUT2D eigenvalue weighted by atomic mass is 16.5. The average molecular weight is 366 g/mol. The standard InChI is InChI=1S/C21H22N2O4/c1-4-11-27-18-8-6-5-7-15(18)12-16(14-22)21(24)23-17-9-10-19(25-2)20(13-17)26-3/h5-10,12-13H,4,11H2,1-3H3,(H,23,24)/b16-12+. The van der Waals surface area contributed by atoms with Crippen LogP contribution in [0.3, 0.4) is 0 Å². The molecular weight excluding hydrogens is 344 g/mol. The molecule has 0 atom stereocenters. The van der Waals surface area contributed by atoms with Crippen LogP contribution in [-0.4, -0.2) is 26.7 Å². The lowest BCUT2D eigenvalue weighted by atomic mass is 10.1. The van der Waals surface area contributed by atoms with Crippen molar-refractivity contribution in [3.05, 3.63) is 53.6 Å². The number of carbonyl (C=O) groups is 1. The molecule has 0 saturated carbocycles. The molecule has 0 aliphatic carbocycles. The molecule has 1 N–H and O–H groups in total. The Bertz CT molecular complexity index is 869. The number of para-hydroxylation sites is 1. The van der Waals surface area contributed by atoms with Crippen molar-refractivity contribution in [2.24, 2.45) is 0 Å². The monoisotopic (exact) mass is 366 g/mol. The molecule has 0 bridgehead atoms. The highest BCUT2D eigenvalue weighted by Gasteiger charge is 2.13. The van der Waals surface area contributed by atoms with Crippen LogP contribution in [0.4, 0.5) is 5.69 Å². The molecule has 6 heteroatoms. The molecule has 0 spiro atoms. The Balaban J connectivity index is 2.24. The number of rotatable bonds is 8. The van der Waals surface area contributed by atoms with Gasteiger partial charge >= 0.3 is 0 Å². The van der Waals surface area contributed by atoms with Gasteiger partial charge in [-0.25, -0.2) is 0 Å². The first-order valence-electron chi connectivity index (χ1n) is 8.50. The van der Waals surface area contributed by atoms with Gasteiger partial charge in [-0.3, -0.25) is 4.79 Å². The van der Waals surface area contributed by atoms with Crippen molar-refractivity contribution >= 4 is 17.7 Å². The van der Waals surface area contributed by atoms with E-state index in [4.69, 9.17) is 14.2 Å². The highest BCUT2D eigenvalue weighted by molar-refractivity contribution is 6.09. The molecule has 0 unspecified atom stereocenters. The van der Waals surface area contributed by atoms with E-state index in [0.717, 1.165) is 6.42 Å². The third kappa shape index (κ3) is 5.25. The zero-order valence-electron chi connectivity index (χ0n) is 15.6. The molecule has 2 aromatic rings. The number of carbonyl (C=O) groups excluding carboxylic acids is 1. The van der Waals surface area contributed by atoms with E-state index in [-0.39, 0.29) is 5.57 Å². The fourth-order valence-electron chi connectivity index (χ4n) is 2.36. The zero-order valence-corrected chi connectivity index (χ0v) is 15.6. The Labute approximate surface area is 159 Å². The Morgan fingerprint density at radius 1 is 1.11 bits per heavy atom. The van der Waals surface area contributed by atoms with Crippen LogP contribution in [-0.2, 0) is 4.79 Å². The summed E-state index contributed by atoms with van der Waals surface area (Å²) in [5.74, 6) is 1.14. The molecule has 27 heavy (non-hydrogen) atoms. The summed E-state index contributed by atoms with van der Waals surface area (Å²) in [7, 11) is 3.04. The smallest absolute Gasteiger partial charge is 0.266 e. The molecule has 1 amide bonds. The van der Waals surface area contributed by atoms with Crippen LogP contribution in [0.2, 0.25) is 0 Å². The van der Waals surface area contributed by atoms with Crippen molar-refractivity contribution in [3.63, 3.8) is 0 Å². The maximum absolute atomic E-state index is 12.5. The highest BCUT2D eigenvalue weighted by Crippen LogP contribution is 2.30. The average Bonchev–Trinajstić information content (AvgIpc) is 2.70. The molecular formula is C21H22N2O4. The number of hydrogen-bond donors (Lipinski definition) is 1. The summed E-state index contributed by atoms with van der Waals surface area (Å²) >= 11 is 0. The van der Waals surface area contributed by atoms with Crippen molar-refractivity contribution in [1.82, 2.24) is 0 Å². The summed E-state index contributed by atoms with van der Waals surface area (Å²) in [5.41, 5.74) is 1.14. The van der Waals surface area contributed by atoms with Gasteiger partial charge in [0.25, 0.3) is 5.91 Å². The minimum atomic E-state index is -0.519. The number of nitrogens with zero attached hydrogens (tertiary/aromatic N) is 1. The van der Waals surface area contributed by atoms with E-state index in [1.54, 1.807) is 24.3 Å². The van der Waals surface area contributed by atoms with E-state index >= 15 is 0 Å². The lowest BCUT2D eigenvalue weighted by Gasteiger charge is -2.11. The Kier molecular flexibility index (Phi) is 7.26. The third-order valence-corrected chi connectivity index (χ3v) is 3.69. The SMILES string of the molecule is CCCOc1ccccc1/C=C(\C#N)C(=O)Nc1ccc(OC)c(OC)c1. The second kappa shape index (κ2) is 9.88. The van der Waals surface area contributed by atoms with Crippen molar-refractivity contribution in [3.8, 4) is 23.3 Å². The zero-order chi connectivity index (χ0) is 19.6. The first-order chi connectivity index (χ1) is 13.1. The van der Waals surface area contributed by atoms with Gasteiger partial charge in [0, 0.05) is 17.3 Å². The molecule has 0 aromatic heterocycles. The molecule has 0 aliphatic rings. The number of amides is 1. The van der Waals surface area contributed by atoms with Gasteiger partial charge in [0.15, 0.2) is 11.5 Å². The van der Waals surface area contributed by atoms with E-state index in [2.05, 4.69) is 5.32 Å². The lowest BCUT2D eigenvalue weighted by Crippen LogP contribution is -2.13. The predicted molar refractivity (Wildman–Crippen MR) is 104 cm³/mol. The summed E-state index contributed by atoms with van der Waals surface area (Å²) in [4.78, 5) is 12.5. The summed E-state index contributed by atoms with van der Waals surface area (Å²) in [6.45, 7) is 2.57. The summed E-state index contributed by atoms with van der Waals surface area (Å²) in [6, 6.07) is 14.2. The van der Waals surface area contributed by atoms with Crippen LogP contribution in [0.5, 0.6) is 17.2 Å². The fraction of sp³-hybridized carbons (Fsp3) is 0.238. The van der Waals surface area contributed by atoms with Crippen molar-refractivity contribution in [2.75, 3.05) is 26.1 Å². The van der Waals surface area contributed by atoms with E-state index in [1.165, 1.54) is 20.3 Å². The second-order valence-corrected chi connectivity index (χ2v) is 5.58. The number of ether oxygens (including phenoxy) is 3. The van der Waals surface area contributed by atoms with Crippen molar-refractivity contribution in [2.45, 2.75) is 13.3 Å². The number of methoxy groups -OCH3 is 2. The predicted octanol–water partition coefficient (Wildman–Crippen LogP) is 4.04. The van der Waals surface area contributed by atoms with Gasteiger partial charge in [0.1, 0.15) is 17.4 Å². The number of anilines is 1. The molecule has 0 aliphatic heterocycles. The minimum absolute atomic E-state index is 0.0302. The van der Waals surface area contributed by atoms with Crippen molar-refractivity contribution < 1.29 is 19.0 Å². The minimum Gasteiger partial charge on any atom is -0.493 e. The Hall–Kier alpha value is -3.46. The van der Waals surface area contributed by atoms with Gasteiger partial charge in [-0.05, 0) is 30.7 Å². The first-order valence-corrected chi connectivity index (χ1v) is 8.50. The summed E-state index contributed by atoms with van der Waals surface area (Å²) < 4.78 is 16.1. The van der Waals surface area contributed by atoms with Gasteiger partial charge in [-0.2, -0.15) is 5.26 Å². The van der Waals surface area contributed by atoms with E-state index in [1.807, 2.05) is 31.2 Å². The fourth-order valence-corrected chi connectivity index (χ4v) is 2.36. The lowest BCUT2D eigenvalue weighted by molar-refractivity contribution is -0.112. The number of nitrogens with one attached hydrogen (secondary N) is 1. The molecule has 0 fully saturated rings. The van der Waals surface area contributed by atoms with Crippen molar-refractivity contribution in [1.29, 1.82) is 5.26 Å². The maximum Gasteiger partial charge on any atom is 0.266 e. The first kappa shape index (κ1) is 19.9. The Morgan fingerprint density at radius 2 is 1.85 bits per heavy atom. The normalized spacial score (nSPS) is 10.7. The maximum atomic E-state index is 12.5. The van der Waals surface area contributed by atoms with Gasteiger partial charge in [0.2, 0.25) is 0 Å². The third-order valence-electron chi connectivity index (χ3n) is 3.69. The molecule has 2 rings (SSSR count). The molecule has 2 aromatic carbocycles. The van der Waals surface area contributed by atoms with E-state index in [9.17, 15) is 10.1 Å². The quantitative estimate of drug-likeness (QED) is 0.563. The second-order valence-electron chi connectivity index (χ2n) is 5.58. The largest absolute Gasteiger partial charge is 0.493 e. The van der Waals surface area contributed by atoms with E-state index < -0.39 is 5.91 Å². The van der Waals surface area contributed by atoms with Crippen LogP contribution in [0.1, 0.15) is 18.9 Å². The van der Waals surface area contributed by atoms with Gasteiger partial charge in [-0.1, -0.05) is 25.1 Å². The molecule has 0 heterocycles. The number of benzene rings is 2. The van der Waals surface area contributed by atoms with Crippen LogP contribution >= 0.6 is 0 Å². The summed E-state index contributed by atoms with van der Waals surface area (Å²) in [6.07, 6.45) is 2.38. The van der Waals surface area contributed by atoms with Crippen LogP contribution in [0.25, 0.3) is 6.08 Å². The number of nitriles is 1. The van der Waals surface area contributed by atoms with E-state index in [0.29, 0.717) is 35.1 Å². The summed E-state index contributed by atoms with van der Waals surface area (Å²) in [5, 5.41) is 12.1. The van der Waals surface area contributed by atoms with Crippen LogP contribution < -0.4 is 19.5 Å². The molecule has 0 saturated heterocycles. The Morgan fingerprint density at radius 3 is 2.52 bits per heavy atom.